The Morgan fingerprint density at radius 1 is 1.04 bits per heavy atom. The van der Waals surface area contributed by atoms with Crippen molar-refractivity contribution in [2.24, 2.45) is 0 Å². The lowest BCUT2D eigenvalue weighted by Crippen LogP contribution is -2.33. The van der Waals surface area contributed by atoms with Gasteiger partial charge in [-0.15, -0.1) is 0 Å². The van der Waals surface area contributed by atoms with Crippen LogP contribution in [-0.2, 0) is 14.4 Å². The van der Waals surface area contributed by atoms with Crippen molar-refractivity contribution in [3.8, 4) is 5.75 Å². The van der Waals surface area contributed by atoms with Gasteiger partial charge in [-0.05, 0) is 42.0 Å². The average Bonchev–Trinajstić information content (AvgIpc) is 2.65. The van der Waals surface area contributed by atoms with Gasteiger partial charge in [-0.25, -0.2) is 0 Å². The third-order valence-corrected chi connectivity index (χ3v) is 3.74. The topological polar surface area (TPSA) is 87.7 Å². The fraction of sp³-hybridized carbons (Fsp3) is 0.190. The van der Waals surface area contributed by atoms with Gasteiger partial charge in [0.15, 0.2) is 0 Å². The van der Waals surface area contributed by atoms with Crippen LogP contribution < -0.4 is 15.4 Å². The van der Waals surface area contributed by atoms with Crippen molar-refractivity contribution in [2.45, 2.75) is 6.92 Å². The third-order valence-electron chi connectivity index (χ3n) is 3.74. The molecule has 2 aromatic rings. The molecule has 2 rings (SSSR count). The number of anilines is 2. The number of ether oxygens (including phenoxy) is 1. The Bertz CT molecular complexity index is 893. The minimum atomic E-state index is -0.342. The molecular formula is C21H23N3O4. The zero-order chi connectivity index (χ0) is 20.5. The highest BCUT2D eigenvalue weighted by Crippen LogP contribution is 2.15. The van der Waals surface area contributed by atoms with Crippen LogP contribution in [0.1, 0.15) is 12.5 Å². The quantitative estimate of drug-likeness (QED) is 0.722. The van der Waals surface area contributed by atoms with Gasteiger partial charge in [-0.1, -0.05) is 18.2 Å². The summed E-state index contributed by atoms with van der Waals surface area (Å²) in [6.45, 7) is 1.30. The van der Waals surface area contributed by atoms with Crippen LogP contribution in [-0.4, -0.2) is 43.3 Å². The van der Waals surface area contributed by atoms with E-state index in [9.17, 15) is 14.4 Å². The number of benzene rings is 2. The zero-order valence-electron chi connectivity index (χ0n) is 16.1. The lowest BCUT2D eigenvalue weighted by atomic mass is 10.2. The minimum Gasteiger partial charge on any atom is -0.497 e. The zero-order valence-corrected chi connectivity index (χ0v) is 16.1. The molecule has 0 saturated heterocycles. The number of methoxy groups -OCH3 is 1. The molecule has 146 valence electrons. The number of amides is 3. The predicted octanol–water partition coefficient (Wildman–Crippen LogP) is 2.76. The molecule has 0 aliphatic rings. The molecule has 0 unspecified atom stereocenters. The van der Waals surface area contributed by atoms with Crippen molar-refractivity contribution in [2.75, 3.05) is 31.3 Å². The highest BCUT2D eigenvalue weighted by atomic mass is 16.5. The first kappa shape index (κ1) is 20.7. The van der Waals surface area contributed by atoms with Crippen molar-refractivity contribution < 1.29 is 19.1 Å². The molecule has 28 heavy (non-hydrogen) atoms. The molecule has 0 fully saturated rings. The molecule has 0 aliphatic heterocycles. The maximum absolute atomic E-state index is 12.2. The summed E-state index contributed by atoms with van der Waals surface area (Å²) < 4.78 is 5.14. The highest BCUT2D eigenvalue weighted by molar-refractivity contribution is 5.98. The van der Waals surface area contributed by atoms with Crippen LogP contribution in [0.15, 0.2) is 54.6 Å². The summed E-state index contributed by atoms with van der Waals surface area (Å²) in [7, 11) is 3.12. The molecule has 3 amide bonds. The van der Waals surface area contributed by atoms with Gasteiger partial charge in [0.25, 0.3) is 0 Å². The molecule has 0 saturated carbocycles. The number of likely N-dealkylation sites (N-methyl/N-ethyl adjacent to an activating group) is 1. The fourth-order valence-corrected chi connectivity index (χ4v) is 2.41. The lowest BCUT2D eigenvalue weighted by molar-refractivity contribution is -0.129. The van der Waals surface area contributed by atoms with E-state index in [1.807, 2.05) is 18.2 Å². The Morgan fingerprint density at radius 2 is 1.71 bits per heavy atom. The molecule has 0 spiro atoms. The lowest BCUT2D eigenvalue weighted by Gasteiger charge is -2.15. The summed E-state index contributed by atoms with van der Waals surface area (Å²) in [5, 5.41) is 5.35. The van der Waals surface area contributed by atoms with E-state index in [-0.39, 0.29) is 24.3 Å². The molecule has 0 radical (unpaired) electrons. The van der Waals surface area contributed by atoms with E-state index < -0.39 is 0 Å². The molecule has 0 bridgehead atoms. The number of nitrogens with zero attached hydrogens (tertiary/aromatic N) is 1. The third kappa shape index (κ3) is 6.60. The summed E-state index contributed by atoms with van der Waals surface area (Å²) in [5.74, 6) is -0.143. The molecule has 7 nitrogen and oxygen atoms in total. The molecular weight excluding hydrogens is 358 g/mol. The van der Waals surface area contributed by atoms with Crippen LogP contribution in [0.5, 0.6) is 5.75 Å². The van der Waals surface area contributed by atoms with Crippen molar-refractivity contribution in [3.63, 3.8) is 0 Å². The molecule has 0 atom stereocenters. The van der Waals surface area contributed by atoms with Gasteiger partial charge in [-0.2, -0.15) is 0 Å². The average molecular weight is 381 g/mol. The van der Waals surface area contributed by atoms with Crippen molar-refractivity contribution in [3.05, 3.63) is 60.2 Å². The van der Waals surface area contributed by atoms with E-state index in [4.69, 9.17) is 4.74 Å². The van der Waals surface area contributed by atoms with Gasteiger partial charge < -0.3 is 20.3 Å². The fourth-order valence-electron chi connectivity index (χ4n) is 2.41. The normalized spacial score (nSPS) is 10.4. The first-order valence-electron chi connectivity index (χ1n) is 8.62. The number of hydrogen-bond donors (Lipinski definition) is 2. The maximum atomic E-state index is 12.2. The Hall–Kier alpha value is -3.61. The Morgan fingerprint density at radius 3 is 2.39 bits per heavy atom. The first-order valence-corrected chi connectivity index (χ1v) is 8.62. The number of nitrogens with one attached hydrogen (secondary N) is 2. The van der Waals surface area contributed by atoms with Gasteiger partial charge in [0.1, 0.15) is 5.75 Å². The summed E-state index contributed by atoms with van der Waals surface area (Å²) in [6, 6.07) is 14.1. The molecule has 0 heterocycles. The monoisotopic (exact) mass is 381 g/mol. The van der Waals surface area contributed by atoms with Crippen LogP contribution in [0.25, 0.3) is 6.08 Å². The van der Waals surface area contributed by atoms with Crippen LogP contribution in [0, 0.1) is 0 Å². The standard InChI is InChI=1S/C21H23N3O4/c1-15(25)22-17-7-5-8-18(13-17)23-20(26)14-24(2)21(27)11-10-16-6-4-9-19(12-16)28-3/h4-13H,14H2,1-3H3,(H,22,25)(H,23,26)/b11-10+. The van der Waals surface area contributed by atoms with E-state index in [1.54, 1.807) is 50.6 Å². The van der Waals surface area contributed by atoms with Crippen molar-refractivity contribution in [1.82, 2.24) is 4.90 Å². The summed E-state index contributed by atoms with van der Waals surface area (Å²) in [5.41, 5.74) is 1.93. The molecule has 7 heteroatoms. The second kappa shape index (κ2) is 9.91. The van der Waals surface area contributed by atoms with Crippen molar-refractivity contribution in [1.29, 1.82) is 0 Å². The van der Waals surface area contributed by atoms with Gasteiger partial charge in [-0.3, -0.25) is 14.4 Å². The number of carbonyl (C=O) groups excluding carboxylic acids is 3. The second-order valence-corrected chi connectivity index (χ2v) is 6.11. The Balaban J connectivity index is 1.91. The van der Waals surface area contributed by atoms with Crippen molar-refractivity contribution >= 4 is 35.2 Å². The molecule has 2 N–H and O–H groups in total. The largest absolute Gasteiger partial charge is 0.497 e. The van der Waals surface area contributed by atoms with E-state index in [0.717, 1.165) is 5.56 Å². The second-order valence-electron chi connectivity index (χ2n) is 6.11. The highest BCUT2D eigenvalue weighted by Gasteiger charge is 2.11. The molecule has 2 aromatic carbocycles. The van der Waals surface area contributed by atoms with Crippen LogP contribution in [0.4, 0.5) is 11.4 Å². The van der Waals surface area contributed by atoms with E-state index in [2.05, 4.69) is 10.6 Å². The molecule has 0 aromatic heterocycles. The smallest absolute Gasteiger partial charge is 0.246 e. The van der Waals surface area contributed by atoms with Gasteiger partial charge in [0.2, 0.25) is 17.7 Å². The van der Waals surface area contributed by atoms with Crippen LogP contribution in [0.2, 0.25) is 0 Å². The predicted molar refractivity (Wildman–Crippen MR) is 109 cm³/mol. The van der Waals surface area contributed by atoms with E-state index in [0.29, 0.717) is 17.1 Å². The van der Waals surface area contributed by atoms with E-state index >= 15 is 0 Å². The summed E-state index contributed by atoms with van der Waals surface area (Å²) in [4.78, 5) is 36.8. The van der Waals surface area contributed by atoms with Crippen LogP contribution in [0.3, 0.4) is 0 Å². The first-order chi connectivity index (χ1) is 13.4. The summed E-state index contributed by atoms with van der Waals surface area (Å²) in [6.07, 6.45) is 3.07. The van der Waals surface area contributed by atoms with E-state index in [1.165, 1.54) is 17.9 Å². The number of rotatable bonds is 7. The number of carbonyl (C=O) groups is 3. The number of hydrogen-bond acceptors (Lipinski definition) is 4. The van der Waals surface area contributed by atoms with Gasteiger partial charge in [0, 0.05) is 31.4 Å². The summed E-state index contributed by atoms with van der Waals surface area (Å²) >= 11 is 0. The van der Waals surface area contributed by atoms with Gasteiger partial charge >= 0.3 is 0 Å². The Labute approximate surface area is 164 Å². The minimum absolute atomic E-state index is 0.106. The van der Waals surface area contributed by atoms with Gasteiger partial charge in [0.05, 0.1) is 13.7 Å². The Kier molecular flexibility index (Phi) is 7.33. The maximum Gasteiger partial charge on any atom is 0.246 e. The SMILES string of the molecule is COc1cccc(/C=C/C(=O)N(C)CC(=O)Nc2cccc(NC(C)=O)c2)c1. The van der Waals surface area contributed by atoms with Crippen LogP contribution >= 0.6 is 0 Å². The molecule has 0 aliphatic carbocycles.